The molecule has 0 radical (unpaired) electrons. The van der Waals surface area contributed by atoms with Crippen LogP contribution in [0.5, 0.6) is 5.75 Å². The maximum atomic E-state index is 13.1. The van der Waals surface area contributed by atoms with Gasteiger partial charge in [0, 0.05) is 10.8 Å². The predicted octanol–water partition coefficient (Wildman–Crippen LogP) is 1.51. The Hall–Kier alpha value is -3.02. The second-order valence-corrected chi connectivity index (χ2v) is 4.65. The van der Waals surface area contributed by atoms with Gasteiger partial charge in [0.05, 0.1) is 12.8 Å². The molecule has 22 heavy (non-hydrogen) atoms. The SMILES string of the molecule is COc1ccc2c(=O)/c(=N/Nc3cccc(F)c3)c(=O)c2c1. The van der Waals surface area contributed by atoms with E-state index in [1.807, 2.05) is 0 Å². The van der Waals surface area contributed by atoms with Crippen LogP contribution >= 0.6 is 0 Å². The minimum Gasteiger partial charge on any atom is -0.497 e. The molecule has 0 heterocycles. The average molecular weight is 298 g/mol. The van der Waals surface area contributed by atoms with Gasteiger partial charge in [0.1, 0.15) is 11.6 Å². The zero-order chi connectivity index (χ0) is 15.7. The van der Waals surface area contributed by atoms with Gasteiger partial charge >= 0.3 is 0 Å². The van der Waals surface area contributed by atoms with E-state index in [2.05, 4.69) is 10.5 Å². The lowest BCUT2D eigenvalue weighted by Crippen LogP contribution is -2.32. The molecule has 0 aromatic heterocycles. The van der Waals surface area contributed by atoms with Gasteiger partial charge in [-0.25, -0.2) is 4.39 Å². The molecule has 0 aliphatic rings. The van der Waals surface area contributed by atoms with E-state index in [0.717, 1.165) is 0 Å². The highest BCUT2D eigenvalue weighted by Gasteiger charge is 2.11. The van der Waals surface area contributed by atoms with Crippen molar-refractivity contribution in [2.24, 2.45) is 5.10 Å². The highest BCUT2D eigenvalue weighted by molar-refractivity contribution is 5.84. The van der Waals surface area contributed by atoms with Crippen LogP contribution in [0, 0.1) is 5.82 Å². The maximum absolute atomic E-state index is 13.1. The molecule has 0 fully saturated rings. The summed E-state index contributed by atoms with van der Waals surface area (Å²) >= 11 is 0. The first-order chi connectivity index (χ1) is 10.6. The highest BCUT2D eigenvalue weighted by Crippen LogP contribution is 2.14. The number of nitrogens with zero attached hydrogens (tertiary/aromatic N) is 1. The van der Waals surface area contributed by atoms with Crippen LogP contribution in [0.2, 0.25) is 0 Å². The molecule has 0 atom stereocenters. The number of hydrogen-bond acceptors (Lipinski definition) is 5. The number of anilines is 1. The Bertz CT molecular complexity index is 1000. The lowest BCUT2D eigenvalue weighted by molar-refractivity contribution is 0.415. The third kappa shape index (κ3) is 2.35. The molecule has 3 aromatic rings. The Kier molecular flexibility index (Phi) is 3.42. The fourth-order valence-electron chi connectivity index (χ4n) is 2.17. The van der Waals surface area contributed by atoms with E-state index in [1.54, 1.807) is 12.1 Å². The van der Waals surface area contributed by atoms with Crippen LogP contribution in [-0.4, -0.2) is 7.11 Å². The minimum atomic E-state index is -0.484. The zero-order valence-corrected chi connectivity index (χ0v) is 11.6. The molecule has 0 saturated carbocycles. The predicted molar refractivity (Wildman–Crippen MR) is 81.0 cm³/mol. The molecule has 1 N–H and O–H groups in total. The van der Waals surface area contributed by atoms with E-state index >= 15 is 0 Å². The lowest BCUT2D eigenvalue weighted by Gasteiger charge is -1.97. The Morgan fingerprint density at radius 1 is 1.05 bits per heavy atom. The number of ether oxygens (including phenoxy) is 1. The molecule has 5 nitrogen and oxygen atoms in total. The zero-order valence-electron chi connectivity index (χ0n) is 11.6. The van der Waals surface area contributed by atoms with Crippen molar-refractivity contribution in [2.45, 2.75) is 0 Å². The van der Waals surface area contributed by atoms with Crippen LogP contribution in [0.4, 0.5) is 10.1 Å². The number of methoxy groups -OCH3 is 1. The molecule has 0 amide bonds. The second-order valence-electron chi connectivity index (χ2n) is 4.65. The summed E-state index contributed by atoms with van der Waals surface area (Å²) in [6.07, 6.45) is 0. The van der Waals surface area contributed by atoms with Crippen molar-refractivity contribution in [1.29, 1.82) is 0 Å². The van der Waals surface area contributed by atoms with Crippen LogP contribution in [0.1, 0.15) is 0 Å². The van der Waals surface area contributed by atoms with E-state index in [0.29, 0.717) is 11.4 Å². The summed E-state index contributed by atoms with van der Waals surface area (Å²) < 4.78 is 18.1. The summed E-state index contributed by atoms with van der Waals surface area (Å²) in [5.74, 6) is 0.0431. The Balaban J connectivity index is 2.13. The van der Waals surface area contributed by atoms with Crippen LogP contribution in [0.15, 0.2) is 57.2 Å². The van der Waals surface area contributed by atoms with Gasteiger partial charge in [-0.1, -0.05) is 6.07 Å². The second kappa shape index (κ2) is 5.40. The molecule has 0 saturated heterocycles. The molecule has 0 unspecified atom stereocenters. The standard InChI is InChI=1S/C16H11FN2O3/c1-22-11-5-6-12-13(8-11)16(21)14(15(12)20)19-18-10-4-2-3-9(17)7-10/h2-8,18H,1H3/b19-14-. The first-order valence-electron chi connectivity index (χ1n) is 6.47. The van der Waals surface area contributed by atoms with Gasteiger partial charge in [0.2, 0.25) is 10.9 Å². The molecular weight excluding hydrogens is 287 g/mol. The summed E-state index contributed by atoms with van der Waals surface area (Å²) in [6, 6.07) is 10.2. The van der Waals surface area contributed by atoms with Crippen LogP contribution in [0.25, 0.3) is 10.8 Å². The number of fused-ring (bicyclic) bond motifs is 1. The van der Waals surface area contributed by atoms with Gasteiger partial charge in [0.25, 0.3) is 0 Å². The van der Waals surface area contributed by atoms with Crippen molar-refractivity contribution >= 4 is 16.5 Å². The Labute approximate surface area is 124 Å². The molecular formula is C16H11FN2O3. The monoisotopic (exact) mass is 298 g/mol. The van der Waals surface area contributed by atoms with Crippen molar-refractivity contribution in [3.05, 3.63) is 74.1 Å². The number of nitrogens with one attached hydrogen (secondary N) is 1. The van der Waals surface area contributed by atoms with Crippen LogP contribution in [-0.2, 0) is 0 Å². The molecule has 0 aliphatic carbocycles. The summed E-state index contributed by atoms with van der Waals surface area (Å²) in [6.45, 7) is 0. The topological polar surface area (TPSA) is 67.8 Å². The lowest BCUT2D eigenvalue weighted by atomic mass is 10.2. The fraction of sp³-hybridized carbons (Fsp3) is 0.0625. The summed E-state index contributed by atoms with van der Waals surface area (Å²) in [7, 11) is 1.48. The van der Waals surface area contributed by atoms with Crippen LogP contribution < -0.4 is 26.4 Å². The quantitative estimate of drug-likeness (QED) is 0.744. The number of benzene rings is 2. The van der Waals surface area contributed by atoms with E-state index in [-0.39, 0.29) is 16.1 Å². The van der Waals surface area contributed by atoms with Crippen molar-refractivity contribution < 1.29 is 9.13 Å². The third-order valence-corrected chi connectivity index (χ3v) is 3.27. The van der Waals surface area contributed by atoms with Gasteiger partial charge in [-0.05, 0) is 36.4 Å². The van der Waals surface area contributed by atoms with Crippen molar-refractivity contribution in [3.63, 3.8) is 0 Å². The molecule has 0 bridgehead atoms. The minimum absolute atomic E-state index is 0.229. The van der Waals surface area contributed by atoms with E-state index in [1.165, 1.54) is 37.4 Å². The van der Waals surface area contributed by atoms with Gasteiger partial charge in [-0.3, -0.25) is 15.0 Å². The molecule has 0 spiro atoms. The molecule has 0 aliphatic heterocycles. The molecule has 6 heteroatoms. The van der Waals surface area contributed by atoms with Gasteiger partial charge in [0.15, 0.2) is 5.36 Å². The first kappa shape index (κ1) is 13.9. The normalized spacial score (nSPS) is 11.8. The fourth-order valence-corrected chi connectivity index (χ4v) is 2.17. The molecule has 3 aromatic carbocycles. The van der Waals surface area contributed by atoms with Crippen molar-refractivity contribution in [1.82, 2.24) is 0 Å². The number of hydrogen-bond donors (Lipinski definition) is 1. The van der Waals surface area contributed by atoms with Gasteiger partial charge in [-0.15, -0.1) is 0 Å². The summed E-state index contributed by atoms with van der Waals surface area (Å²) in [5.41, 5.74) is 1.93. The summed E-state index contributed by atoms with van der Waals surface area (Å²) in [4.78, 5) is 24.4. The van der Waals surface area contributed by atoms with Gasteiger partial charge in [-0.2, -0.15) is 5.10 Å². The van der Waals surface area contributed by atoms with Gasteiger partial charge < -0.3 is 4.74 Å². The van der Waals surface area contributed by atoms with E-state index < -0.39 is 16.7 Å². The average Bonchev–Trinajstić information content (AvgIpc) is 2.76. The van der Waals surface area contributed by atoms with Crippen molar-refractivity contribution in [2.75, 3.05) is 12.5 Å². The van der Waals surface area contributed by atoms with E-state index in [4.69, 9.17) is 4.74 Å². The smallest absolute Gasteiger partial charge is 0.218 e. The molecule has 3 rings (SSSR count). The Morgan fingerprint density at radius 3 is 2.55 bits per heavy atom. The summed E-state index contributed by atoms with van der Waals surface area (Å²) in [5, 5.41) is 4.13. The Morgan fingerprint density at radius 2 is 1.82 bits per heavy atom. The molecule has 110 valence electrons. The van der Waals surface area contributed by atoms with E-state index in [9.17, 15) is 14.0 Å². The largest absolute Gasteiger partial charge is 0.497 e. The first-order valence-corrected chi connectivity index (χ1v) is 6.47. The third-order valence-electron chi connectivity index (χ3n) is 3.27. The van der Waals surface area contributed by atoms with Crippen molar-refractivity contribution in [3.8, 4) is 5.75 Å². The number of rotatable bonds is 3. The number of halogens is 1. The highest BCUT2D eigenvalue weighted by atomic mass is 19.1. The maximum Gasteiger partial charge on any atom is 0.218 e. The van der Waals surface area contributed by atoms with Crippen LogP contribution in [0.3, 0.4) is 0 Å².